The number of hydrogen-bond donors (Lipinski definition) is 1. The molecule has 1 aromatic heterocycles. The molecule has 1 heterocycles. The van der Waals surface area contributed by atoms with Crippen LogP contribution in [0.15, 0.2) is 48.8 Å². The predicted molar refractivity (Wildman–Crippen MR) is 71.1 cm³/mol. The largest absolute Gasteiger partial charge is 0.619 e. The summed E-state index contributed by atoms with van der Waals surface area (Å²) >= 11 is 0. The lowest BCUT2D eigenvalue weighted by atomic mass is 10.3. The van der Waals surface area contributed by atoms with Gasteiger partial charge in [0.25, 0.3) is 0 Å². The zero-order chi connectivity index (χ0) is 14.5. The zero-order valence-electron chi connectivity index (χ0n) is 10.7. The van der Waals surface area contributed by atoms with Crippen molar-refractivity contribution in [2.24, 2.45) is 0 Å². The number of aromatic nitrogens is 1. The van der Waals surface area contributed by atoms with Crippen LogP contribution in [0.4, 0.5) is 5.69 Å². The Morgan fingerprint density at radius 2 is 1.90 bits per heavy atom. The fourth-order valence-corrected chi connectivity index (χ4v) is 1.55. The molecule has 1 N–H and O–H groups in total. The molecule has 2 rings (SSSR count). The van der Waals surface area contributed by atoms with Gasteiger partial charge in [0.1, 0.15) is 11.3 Å². The molecule has 0 fully saturated rings. The summed E-state index contributed by atoms with van der Waals surface area (Å²) in [6, 6.07) is 9.28. The van der Waals surface area contributed by atoms with Crippen LogP contribution in [-0.4, -0.2) is 11.9 Å². The molecule has 0 aliphatic rings. The van der Waals surface area contributed by atoms with Crippen molar-refractivity contribution >= 4 is 17.6 Å². The number of benzene rings is 1. The van der Waals surface area contributed by atoms with Crippen LogP contribution in [0.2, 0.25) is 0 Å². The fourth-order valence-electron chi connectivity index (χ4n) is 1.55. The van der Waals surface area contributed by atoms with Crippen molar-refractivity contribution in [2.75, 3.05) is 5.32 Å². The van der Waals surface area contributed by atoms with E-state index in [1.165, 1.54) is 25.3 Å². The number of nitrogens with one attached hydrogen (secondary N) is 1. The third kappa shape index (κ3) is 3.55. The van der Waals surface area contributed by atoms with Crippen LogP contribution in [0.5, 0.6) is 5.75 Å². The lowest BCUT2D eigenvalue weighted by Crippen LogP contribution is -2.26. The summed E-state index contributed by atoms with van der Waals surface area (Å²) in [5.41, 5.74) is 0.767. The SMILES string of the molecule is CC(=O)Nc1ccc(OC(=O)c2ccc[n+]([O-])c2)cc1. The van der Waals surface area contributed by atoms with E-state index in [2.05, 4.69) is 5.32 Å². The zero-order valence-corrected chi connectivity index (χ0v) is 10.7. The van der Waals surface area contributed by atoms with E-state index in [1.807, 2.05) is 0 Å². The fraction of sp³-hybridized carbons (Fsp3) is 0.0714. The van der Waals surface area contributed by atoms with E-state index < -0.39 is 5.97 Å². The molecule has 0 bridgehead atoms. The number of esters is 1. The predicted octanol–water partition coefficient (Wildman–Crippen LogP) is 1.50. The van der Waals surface area contributed by atoms with Crippen LogP contribution in [0.3, 0.4) is 0 Å². The van der Waals surface area contributed by atoms with Crippen molar-refractivity contribution < 1.29 is 19.1 Å². The van der Waals surface area contributed by atoms with Gasteiger partial charge in [0, 0.05) is 18.7 Å². The van der Waals surface area contributed by atoms with Crippen molar-refractivity contribution in [3.8, 4) is 5.75 Å². The molecular weight excluding hydrogens is 260 g/mol. The van der Waals surface area contributed by atoms with Gasteiger partial charge < -0.3 is 15.3 Å². The van der Waals surface area contributed by atoms with Crippen LogP contribution < -0.4 is 14.8 Å². The minimum Gasteiger partial charge on any atom is -0.619 e. The first kappa shape index (κ1) is 13.5. The van der Waals surface area contributed by atoms with E-state index in [-0.39, 0.29) is 11.5 Å². The number of amides is 1. The third-order valence-electron chi connectivity index (χ3n) is 2.40. The van der Waals surface area contributed by atoms with Gasteiger partial charge in [0.05, 0.1) is 0 Å². The van der Waals surface area contributed by atoms with E-state index in [9.17, 15) is 14.8 Å². The highest BCUT2D eigenvalue weighted by Gasteiger charge is 2.11. The van der Waals surface area contributed by atoms with Crippen LogP contribution in [-0.2, 0) is 4.79 Å². The monoisotopic (exact) mass is 272 g/mol. The van der Waals surface area contributed by atoms with E-state index in [1.54, 1.807) is 24.3 Å². The molecular formula is C14H12N2O4. The molecule has 6 nitrogen and oxygen atoms in total. The Labute approximate surface area is 115 Å². The molecule has 1 aromatic carbocycles. The summed E-state index contributed by atoms with van der Waals surface area (Å²) in [4.78, 5) is 22.6. The normalized spacial score (nSPS) is 9.85. The average molecular weight is 272 g/mol. The first-order valence-electron chi connectivity index (χ1n) is 5.83. The Morgan fingerprint density at radius 3 is 2.50 bits per heavy atom. The molecule has 0 radical (unpaired) electrons. The second kappa shape index (κ2) is 5.83. The van der Waals surface area contributed by atoms with E-state index in [0.717, 1.165) is 6.20 Å². The molecule has 20 heavy (non-hydrogen) atoms. The second-order valence-corrected chi connectivity index (χ2v) is 4.05. The number of pyridine rings is 1. The minimum atomic E-state index is -0.623. The number of carbonyl (C=O) groups is 2. The topological polar surface area (TPSA) is 82.3 Å². The van der Waals surface area contributed by atoms with Gasteiger partial charge in [-0.1, -0.05) is 0 Å². The Bertz CT molecular complexity index is 638. The molecule has 0 unspecified atom stereocenters. The maximum Gasteiger partial charge on any atom is 0.349 e. The number of ether oxygens (including phenoxy) is 1. The Morgan fingerprint density at radius 1 is 1.20 bits per heavy atom. The summed E-state index contributed by atoms with van der Waals surface area (Å²) in [5, 5.41) is 13.7. The smallest absolute Gasteiger partial charge is 0.349 e. The Hall–Kier alpha value is -2.89. The third-order valence-corrected chi connectivity index (χ3v) is 2.40. The van der Waals surface area contributed by atoms with Crippen LogP contribution >= 0.6 is 0 Å². The lowest BCUT2D eigenvalue weighted by molar-refractivity contribution is -0.605. The number of anilines is 1. The van der Waals surface area contributed by atoms with E-state index in [4.69, 9.17) is 4.74 Å². The molecule has 0 saturated carbocycles. The van der Waals surface area contributed by atoms with Crippen molar-refractivity contribution in [3.05, 3.63) is 59.6 Å². The van der Waals surface area contributed by atoms with E-state index in [0.29, 0.717) is 16.2 Å². The number of nitrogens with zero attached hydrogens (tertiary/aromatic N) is 1. The van der Waals surface area contributed by atoms with Crippen LogP contribution in [0.25, 0.3) is 0 Å². The summed E-state index contributed by atoms with van der Waals surface area (Å²) in [6.07, 6.45) is 2.41. The highest BCUT2D eigenvalue weighted by Crippen LogP contribution is 2.16. The van der Waals surface area contributed by atoms with Crippen molar-refractivity contribution in [2.45, 2.75) is 6.92 Å². The van der Waals surface area contributed by atoms with Crippen LogP contribution in [0, 0.1) is 5.21 Å². The Kier molecular flexibility index (Phi) is 3.95. The molecule has 0 aliphatic carbocycles. The quantitative estimate of drug-likeness (QED) is 0.397. The van der Waals surface area contributed by atoms with Crippen molar-refractivity contribution in [3.63, 3.8) is 0 Å². The van der Waals surface area contributed by atoms with Gasteiger partial charge >= 0.3 is 5.97 Å². The maximum absolute atomic E-state index is 11.8. The van der Waals surface area contributed by atoms with Gasteiger partial charge in [-0.3, -0.25) is 4.79 Å². The van der Waals surface area contributed by atoms with Gasteiger partial charge in [-0.15, -0.1) is 0 Å². The summed E-state index contributed by atoms with van der Waals surface area (Å²) in [5.74, 6) is -0.480. The summed E-state index contributed by atoms with van der Waals surface area (Å²) in [6.45, 7) is 1.40. The van der Waals surface area contributed by atoms with Gasteiger partial charge in [0.15, 0.2) is 12.4 Å². The van der Waals surface area contributed by atoms with Crippen molar-refractivity contribution in [1.82, 2.24) is 0 Å². The van der Waals surface area contributed by atoms with Gasteiger partial charge in [-0.05, 0) is 30.3 Å². The lowest BCUT2D eigenvalue weighted by Gasteiger charge is -2.06. The molecule has 0 aliphatic heterocycles. The van der Waals surface area contributed by atoms with E-state index >= 15 is 0 Å². The molecule has 102 valence electrons. The minimum absolute atomic E-state index is 0.161. The summed E-state index contributed by atoms with van der Waals surface area (Å²) < 4.78 is 5.64. The molecule has 6 heteroatoms. The maximum atomic E-state index is 11.8. The van der Waals surface area contributed by atoms with Crippen LogP contribution in [0.1, 0.15) is 17.3 Å². The van der Waals surface area contributed by atoms with Gasteiger partial charge in [0.2, 0.25) is 5.91 Å². The standard InChI is InChI=1S/C14H12N2O4/c1-10(17)15-12-4-6-13(7-5-12)20-14(18)11-3-2-8-16(19)9-11/h2-9H,1H3,(H,15,17). The molecule has 2 aromatic rings. The first-order valence-corrected chi connectivity index (χ1v) is 5.83. The number of rotatable bonds is 3. The first-order chi connectivity index (χ1) is 9.54. The second-order valence-electron chi connectivity index (χ2n) is 4.05. The highest BCUT2D eigenvalue weighted by atomic mass is 16.5. The number of carbonyl (C=O) groups excluding carboxylic acids is 2. The highest BCUT2D eigenvalue weighted by molar-refractivity contribution is 5.91. The Balaban J connectivity index is 2.06. The van der Waals surface area contributed by atoms with Crippen molar-refractivity contribution in [1.29, 1.82) is 0 Å². The molecule has 0 spiro atoms. The number of hydrogen-bond acceptors (Lipinski definition) is 4. The molecule has 1 amide bonds. The molecule has 0 atom stereocenters. The van der Waals surface area contributed by atoms with Gasteiger partial charge in [-0.25, -0.2) is 4.79 Å². The average Bonchev–Trinajstić information content (AvgIpc) is 2.40. The molecule has 0 saturated heterocycles. The summed E-state index contributed by atoms with van der Waals surface area (Å²) in [7, 11) is 0. The van der Waals surface area contributed by atoms with Gasteiger partial charge in [-0.2, -0.15) is 4.73 Å².